The first-order valence-corrected chi connectivity index (χ1v) is 6.24. The third kappa shape index (κ3) is 3.78. The molecule has 1 fully saturated rings. The Kier molecular flexibility index (Phi) is 4.40. The van der Waals surface area contributed by atoms with E-state index in [9.17, 15) is 4.55 Å². The van der Waals surface area contributed by atoms with Gasteiger partial charge >= 0.3 is 0 Å². The maximum Gasteiger partial charge on any atom is 0.118 e. The summed E-state index contributed by atoms with van der Waals surface area (Å²) in [5, 5.41) is 0. The van der Waals surface area contributed by atoms with Gasteiger partial charge in [-0.15, -0.1) is 0 Å². The van der Waals surface area contributed by atoms with Gasteiger partial charge in [0.05, 0.1) is 0 Å². The number of hydrogen-bond donors (Lipinski definition) is 0. The minimum Gasteiger partial charge on any atom is -0.616 e. The van der Waals surface area contributed by atoms with E-state index in [1.165, 1.54) is 13.0 Å². The Balaban J connectivity index is 2.09. The summed E-state index contributed by atoms with van der Waals surface area (Å²) in [6.45, 7) is 7.78. The van der Waals surface area contributed by atoms with Crippen LogP contribution in [0.1, 0.15) is 20.3 Å². The molecule has 1 heterocycles. The molecule has 0 atom stereocenters. The van der Waals surface area contributed by atoms with Crippen molar-refractivity contribution in [2.75, 3.05) is 31.1 Å². The Morgan fingerprint density at radius 3 is 2.42 bits per heavy atom. The lowest BCUT2D eigenvalue weighted by atomic mass is 10.1. The molecular formula is C9H19NOS. The number of rotatable bonds is 3. The van der Waals surface area contributed by atoms with Crippen LogP contribution in [0.4, 0.5) is 0 Å². The number of nitrogens with zero attached hydrogens (tertiary/aromatic N) is 1. The smallest absolute Gasteiger partial charge is 0.118 e. The van der Waals surface area contributed by atoms with Crippen molar-refractivity contribution in [1.29, 1.82) is 0 Å². The van der Waals surface area contributed by atoms with Gasteiger partial charge in [-0.05, 0) is 18.9 Å². The molecule has 3 heteroatoms. The van der Waals surface area contributed by atoms with Crippen molar-refractivity contribution in [2.24, 2.45) is 5.92 Å². The third-order valence-electron chi connectivity index (χ3n) is 2.29. The molecule has 0 spiro atoms. The average Bonchev–Trinajstić information content (AvgIpc) is 2.03. The lowest BCUT2D eigenvalue weighted by Gasteiger charge is -2.28. The van der Waals surface area contributed by atoms with Crippen LogP contribution in [0.2, 0.25) is 0 Å². The van der Waals surface area contributed by atoms with Gasteiger partial charge in [-0.1, -0.05) is 25.0 Å². The van der Waals surface area contributed by atoms with Crippen LogP contribution < -0.4 is 0 Å². The fourth-order valence-corrected chi connectivity index (χ4v) is 2.47. The molecule has 0 aromatic carbocycles. The Morgan fingerprint density at radius 1 is 1.33 bits per heavy atom. The van der Waals surface area contributed by atoms with Crippen molar-refractivity contribution in [3.05, 3.63) is 0 Å². The summed E-state index contributed by atoms with van der Waals surface area (Å²) in [6, 6.07) is 0. The first-order valence-electron chi connectivity index (χ1n) is 4.76. The lowest BCUT2D eigenvalue weighted by molar-refractivity contribution is 0.277. The zero-order valence-electron chi connectivity index (χ0n) is 8.08. The van der Waals surface area contributed by atoms with Crippen LogP contribution in [-0.2, 0) is 11.2 Å². The highest BCUT2D eigenvalue weighted by Gasteiger charge is 2.18. The molecule has 1 saturated heterocycles. The summed E-state index contributed by atoms with van der Waals surface area (Å²) in [5.74, 6) is 2.56. The van der Waals surface area contributed by atoms with E-state index in [2.05, 4.69) is 18.7 Å². The van der Waals surface area contributed by atoms with E-state index in [0.29, 0.717) is 0 Å². The molecule has 72 valence electrons. The summed E-state index contributed by atoms with van der Waals surface area (Å²) in [4.78, 5) is 2.43. The highest BCUT2D eigenvalue weighted by molar-refractivity contribution is 7.91. The summed E-state index contributed by atoms with van der Waals surface area (Å²) in [7, 11) is 0. The summed E-state index contributed by atoms with van der Waals surface area (Å²) < 4.78 is 11.0. The fourth-order valence-electron chi connectivity index (χ4n) is 1.34. The van der Waals surface area contributed by atoms with Gasteiger partial charge in [0.1, 0.15) is 11.5 Å². The predicted octanol–water partition coefficient (Wildman–Crippen LogP) is 1.10. The Hall–Kier alpha value is 0.270. The van der Waals surface area contributed by atoms with Crippen molar-refractivity contribution in [2.45, 2.75) is 20.3 Å². The minimum atomic E-state index is -0.517. The summed E-state index contributed by atoms with van der Waals surface area (Å²) >= 11 is -0.517. The minimum absolute atomic E-state index is 0.517. The molecule has 2 nitrogen and oxygen atoms in total. The quantitative estimate of drug-likeness (QED) is 0.621. The van der Waals surface area contributed by atoms with E-state index in [4.69, 9.17) is 0 Å². The van der Waals surface area contributed by atoms with Gasteiger partial charge < -0.3 is 4.55 Å². The topological polar surface area (TPSA) is 26.3 Å². The zero-order valence-corrected chi connectivity index (χ0v) is 8.90. The van der Waals surface area contributed by atoms with Crippen molar-refractivity contribution in [3.63, 3.8) is 0 Å². The molecule has 0 radical (unpaired) electrons. The van der Waals surface area contributed by atoms with Gasteiger partial charge in [0.15, 0.2) is 0 Å². The standard InChI is InChI=1S/C9H19NOS/c1-9(2)3-4-10-5-7-12(11)8-6-10/h9H,3-8H2,1-2H3. The lowest BCUT2D eigenvalue weighted by Crippen LogP contribution is -2.40. The van der Waals surface area contributed by atoms with Crippen molar-refractivity contribution in [1.82, 2.24) is 4.90 Å². The molecule has 0 aliphatic carbocycles. The molecule has 0 N–H and O–H groups in total. The second-order valence-electron chi connectivity index (χ2n) is 3.87. The molecule has 0 aromatic heterocycles. The van der Waals surface area contributed by atoms with Gasteiger partial charge in [-0.2, -0.15) is 0 Å². The molecule has 0 amide bonds. The first kappa shape index (κ1) is 10.4. The Morgan fingerprint density at radius 2 is 1.92 bits per heavy atom. The monoisotopic (exact) mass is 189 g/mol. The van der Waals surface area contributed by atoms with Gasteiger partial charge in [0.2, 0.25) is 0 Å². The average molecular weight is 189 g/mol. The second-order valence-corrected chi connectivity index (χ2v) is 5.57. The van der Waals surface area contributed by atoms with E-state index < -0.39 is 11.2 Å². The van der Waals surface area contributed by atoms with Crippen molar-refractivity contribution < 1.29 is 4.55 Å². The molecule has 1 rings (SSSR count). The van der Waals surface area contributed by atoms with Crippen LogP contribution in [-0.4, -0.2) is 40.6 Å². The van der Waals surface area contributed by atoms with Crippen LogP contribution in [0.15, 0.2) is 0 Å². The largest absolute Gasteiger partial charge is 0.616 e. The van der Waals surface area contributed by atoms with E-state index >= 15 is 0 Å². The normalized spacial score (nSPS) is 22.0. The number of hydrogen-bond acceptors (Lipinski definition) is 2. The highest BCUT2D eigenvalue weighted by atomic mass is 32.2. The van der Waals surface area contributed by atoms with Crippen LogP contribution in [0.25, 0.3) is 0 Å². The van der Waals surface area contributed by atoms with Gasteiger partial charge in [-0.25, -0.2) is 0 Å². The van der Waals surface area contributed by atoms with Crippen LogP contribution in [0.3, 0.4) is 0 Å². The van der Waals surface area contributed by atoms with Gasteiger partial charge in [0, 0.05) is 13.1 Å². The Bertz CT molecular complexity index is 122. The Labute approximate surface area is 78.5 Å². The van der Waals surface area contributed by atoms with Crippen LogP contribution >= 0.6 is 0 Å². The fraction of sp³-hybridized carbons (Fsp3) is 1.00. The molecule has 0 unspecified atom stereocenters. The molecule has 0 aromatic rings. The van der Waals surface area contributed by atoms with E-state index in [1.54, 1.807) is 0 Å². The second kappa shape index (κ2) is 5.10. The molecule has 0 bridgehead atoms. The van der Waals surface area contributed by atoms with Crippen LogP contribution in [0, 0.1) is 5.92 Å². The molecule has 1 aliphatic heterocycles. The maximum atomic E-state index is 11.0. The van der Waals surface area contributed by atoms with Crippen LogP contribution in [0.5, 0.6) is 0 Å². The summed E-state index contributed by atoms with van der Waals surface area (Å²) in [6.07, 6.45) is 1.27. The molecule has 12 heavy (non-hydrogen) atoms. The maximum absolute atomic E-state index is 11.0. The highest BCUT2D eigenvalue weighted by Crippen LogP contribution is 2.07. The SMILES string of the molecule is CC(C)CCN1CC[S+]([O-])CC1. The van der Waals surface area contributed by atoms with E-state index in [0.717, 1.165) is 30.5 Å². The third-order valence-corrected chi connectivity index (χ3v) is 3.57. The van der Waals surface area contributed by atoms with Gasteiger partial charge in [-0.3, -0.25) is 4.90 Å². The first-order chi connectivity index (χ1) is 5.68. The van der Waals surface area contributed by atoms with E-state index in [-0.39, 0.29) is 0 Å². The predicted molar refractivity (Wildman–Crippen MR) is 53.8 cm³/mol. The molecule has 0 saturated carbocycles. The van der Waals surface area contributed by atoms with E-state index in [1.807, 2.05) is 0 Å². The van der Waals surface area contributed by atoms with Gasteiger partial charge in [0.25, 0.3) is 0 Å². The van der Waals surface area contributed by atoms with Crippen molar-refractivity contribution in [3.8, 4) is 0 Å². The molecule has 1 aliphatic rings. The van der Waals surface area contributed by atoms with Crippen molar-refractivity contribution >= 4 is 11.2 Å². The summed E-state index contributed by atoms with van der Waals surface area (Å²) in [5.41, 5.74) is 0. The zero-order chi connectivity index (χ0) is 8.97. The molecular weight excluding hydrogens is 170 g/mol.